The fourth-order valence-corrected chi connectivity index (χ4v) is 2.02. The molecule has 0 aliphatic heterocycles. The van der Waals surface area contributed by atoms with Gasteiger partial charge in [0, 0.05) is 6.04 Å². The Kier molecular flexibility index (Phi) is 14.1. The summed E-state index contributed by atoms with van der Waals surface area (Å²) in [5.74, 6) is 1.87. The van der Waals surface area contributed by atoms with E-state index in [9.17, 15) is 0 Å². The lowest BCUT2D eigenvalue weighted by Gasteiger charge is -2.21. The molecule has 0 bridgehead atoms. The van der Waals surface area contributed by atoms with Gasteiger partial charge in [-0.15, -0.1) is 0 Å². The van der Waals surface area contributed by atoms with Gasteiger partial charge < -0.3 is 4.90 Å². The van der Waals surface area contributed by atoms with Gasteiger partial charge in [0.25, 0.3) is 0 Å². The first-order valence-electron chi connectivity index (χ1n) is 7.60. The van der Waals surface area contributed by atoms with Crippen LogP contribution in [0.15, 0.2) is 0 Å². The largest absolute Gasteiger partial charge is 0.307 e. The molecular weight excluding hydrogens is 206 g/mol. The third-order valence-electron chi connectivity index (χ3n) is 3.34. The molecule has 1 unspecified atom stereocenters. The minimum Gasteiger partial charge on any atom is -0.307 e. The van der Waals surface area contributed by atoms with E-state index in [0.717, 1.165) is 17.9 Å². The third-order valence-corrected chi connectivity index (χ3v) is 3.34. The monoisotopic (exact) mass is 243 g/mol. The van der Waals surface area contributed by atoms with Crippen LogP contribution in [0.5, 0.6) is 0 Å². The molecule has 1 fully saturated rings. The van der Waals surface area contributed by atoms with Crippen molar-refractivity contribution in [2.75, 3.05) is 14.1 Å². The van der Waals surface area contributed by atoms with Crippen LogP contribution in [0.25, 0.3) is 0 Å². The first kappa shape index (κ1) is 19.3. The van der Waals surface area contributed by atoms with Crippen LogP contribution in [0, 0.1) is 11.8 Å². The highest BCUT2D eigenvalue weighted by Gasteiger charge is 2.07. The molecule has 0 aromatic carbocycles. The fraction of sp³-hybridized carbons (Fsp3) is 1.00. The Morgan fingerprint density at radius 1 is 1.00 bits per heavy atom. The van der Waals surface area contributed by atoms with Gasteiger partial charge in [0.1, 0.15) is 0 Å². The fourth-order valence-electron chi connectivity index (χ4n) is 2.02. The van der Waals surface area contributed by atoms with Crippen molar-refractivity contribution in [3.8, 4) is 0 Å². The van der Waals surface area contributed by atoms with E-state index in [4.69, 9.17) is 0 Å². The summed E-state index contributed by atoms with van der Waals surface area (Å²) in [7, 11) is 4.26. The minimum absolute atomic E-state index is 0.727. The Morgan fingerprint density at radius 2 is 1.41 bits per heavy atom. The molecule has 0 heterocycles. The van der Waals surface area contributed by atoms with Crippen LogP contribution in [-0.4, -0.2) is 25.0 Å². The van der Waals surface area contributed by atoms with Crippen LogP contribution in [0.3, 0.4) is 0 Å². The Balaban J connectivity index is 0. The molecule has 1 atom stereocenters. The summed E-state index contributed by atoms with van der Waals surface area (Å²) < 4.78 is 0. The average molecular weight is 243 g/mol. The van der Waals surface area contributed by atoms with Gasteiger partial charge in [0.05, 0.1) is 0 Å². The molecule has 17 heavy (non-hydrogen) atoms. The minimum atomic E-state index is 0.727. The summed E-state index contributed by atoms with van der Waals surface area (Å²) >= 11 is 0. The molecule has 1 aliphatic carbocycles. The maximum atomic E-state index is 2.34. The SMILES string of the molecule is CC.CC(C)CC(C)N(C)C.CC1CCCC1. The van der Waals surface area contributed by atoms with Gasteiger partial charge in [-0.3, -0.25) is 0 Å². The van der Waals surface area contributed by atoms with E-state index in [-0.39, 0.29) is 0 Å². The molecule has 106 valence electrons. The quantitative estimate of drug-likeness (QED) is 0.658. The van der Waals surface area contributed by atoms with Crippen molar-refractivity contribution in [3.63, 3.8) is 0 Å². The lowest BCUT2D eigenvalue weighted by molar-refractivity contribution is 0.274. The van der Waals surface area contributed by atoms with Crippen LogP contribution in [-0.2, 0) is 0 Å². The zero-order valence-corrected chi connectivity index (χ0v) is 13.7. The van der Waals surface area contributed by atoms with Crippen LogP contribution < -0.4 is 0 Å². The van der Waals surface area contributed by atoms with E-state index >= 15 is 0 Å². The second-order valence-electron chi connectivity index (χ2n) is 5.83. The number of rotatable bonds is 3. The summed E-state index contributed by atoms with van der Waals surface area (Å²) in [6, 6.07) is 0.727. The van der Waals surface area contributed by atoms with Gasteiger partial charge in [-0.25, -0.2) is 0 Å². The highest BCUT2D eigenvalue weighted by Crippen LogP contribution is 2.22. The summed E-state index contributed by atoms with van der Waals surface area (Å²) in [5, 5.41) is 0. The van der Waals surface area contributed by atoms with Crippen LogP contribution in [0.2, 0.25) is 0 Å². The van der Waals surface area contributed by atoms with Crippen LogP contribution in [0.4, 0.5) is 0 Å². The predicted molar refractivity (Wildman–Crippen MR) is 81.6 cm³/mol. The van der Waals surface area contributed by atoms with E-state index in [0.29, 0.717) is 0 Å². The van der Waals surface area contributed by atoms with E-state index in [2.05, 4.69) is 46.7 Å². The second-order valence-corrected chi connectivity index (χ2v) is 5.83. The molecule has 1 aliphatic rings. The highest BCUT2D eigenvalue weighted by atomic mass is 15.1. The zero-order valence-electron chi connectivity index (χ0n) is 13.7. The molecule has 0 aromatic heterocycles. The van der Waals surface area contributed by atoms with Crippen molar-refractivity contribution in [1.82, 2.24) is 4.90 Å². The Morgan fingerprint density at radius 3 is 1.53 bits per heavy atom. The predicted octanol–water partition coefficient (Wildman–Crippen LogP) is 5.21. The van der Waals surface area contributed by atoms with Gasteiger partial charge in [-0.1, -0.05) is 60.3 Å². The topological polar surface area (TPSA) is 3.24 Å². The van der Waals surface area contributed by atoms with Gasteiger partial charge in [-0.2, -0.15) is 0 Å². The molecular formula is C16H37N. The zero-order chi connectivity index (χ0) is 13.8. The summed E-state index contributed by atoms with van der Waals surface area (Å²) in [4.78, 5) is 2.26. The molecule has 1 rings (SSSR count). The molecule has 0 radical (unpaired) electrons. The summed E-state index contributed by atoms with van der Waals surface area (Å²) in [5.41, 5.74) is 0. The van der Waals surface area contributed by atoms with E-state index in [1.54, 1.807) is 0 Å². The van der Waals surface area contributed by atoms with Gasteiger partial charge in [0.2, 0.25) is 0 Å². The second kappa shape index (κ2) is 12.4. The van der Waals surface area contributed by atoms with E-state index in [1.165, 1.54) is 32.1 Å². The average Bonchev–Trinajstić information content (AvgIpc) is 2.72. The number of hydrogen-bond donors (Lipinski definition) is 0. The van der Waals surface area contributed by atoms with Gasteiger partial charge in [-0.05, 0) is 39.3 Å². The van der Waals surface area contributed by atoms with Gasteiger partial charge in [0.15, 0.2) is 0 Å². The molecule has 0 amide bonds. The van der Waals surface area contributed by atoms with E-state index in [1.807, 2.05) is 13.8 Å². The number of hydrogen-bond acceptors (Lipinski definition) is 1. The molecule has 0 saturated heterocycles. The first-order chi connectivity index (χ1) is 7.93. The molecule has 1 saturated carbocycles. The molecule has 0 N–H and O–H groups in total. The maximum Gasteiger partial charge on any atom is 0.00632 e. The Hall–Kier alpha value is -0.0400. The van der Waals surface area contributed by atoms with Crippen molar-refractivity contribution in [2.45, 2.75) is 79.7 Å². The van der Waals surface area contributed by atoms with E-state index < -0.39 is 0 Å². The highest BCUT2D eigenvalue weighted by molar-refractivity contribution is 4.61. The van der Waals surface area contributed by atoms with Gasteiger partial charge >= 0.3 is 0 Å². The third kappa shape index (κ3) is 13.9. The maximum absolute atomic E-state index is 2.34. The summed E-state index contributed by atoms with van der Waals surface area (Å²) in [6.07, 6.45) is 7.25. The van der Waals surface area contributed by atoms with Crippen LogP contribution in [0.1, 0.15) is 73.6 Å². The lowest BCUT2D eigenvalue weighted by atomic mass is 10.1. The van der Waals surface area contributed by atoms with Crippen molar-refractivity contribution in [3.05, 3.63) is 0 Å². The smallest absolute Gasteiger partial charge is 0.00632 e. The van der Waals surface area contributed by atoms with Crippen molar-refractivity contribution in [1.29, 1.82) is 0 Å². The number of nitrogens with zero attached hydrogens (tertiary/aromatic N) is 1. The van der Waals surface area contributed by atoms with Crippen LogP contribution >= 0.6 is 0 Å². The van der Waals surface area contributed by atoms with Crippen molar-refractivity contribution in [2.24, 2.45) is 11.8 Å². The van der Waals surface area contributed by atoms with Crippen molar-refractivity contribution >= 4 is 0 Å². The molecule has 0 spiro atoms. The Labute approximate surface area is 111 Å². The molecule has 0 aromatic rings. The first-order valence-corrected chi connectivity index (χ1v) is 7.60. The summed E-state index contributed by atoms with van der Waals surface area (Å²) in [6.45, 7) is 13.1. The lowest BCUT2D eigenvalue weighted by Crippen LogP contribution is -2.25. The Bertz CT molecular complexity index is 134. The normalized spacial score (nSPS) is 17.3. The van der Waals surface area contributed by atoms with Crippen molar-refractivity contribution < 1.29 is 0 Å². The standard InChI is InChI=1S/C8H19N.C6H12.C2H6/c1-7(2)6-8(3)9(4)5;1-6-4-2-3-5-6;1-2/h7-8H,6H2,1-5H3;6H,2-5H2,1H3;1-2H3. The molecule has 1 heteroatoms. The molecule has 1 nitrogen and oxygen atoms in total.